The second-order valence-electron chi connectivity index (χ2n) is 12.8. The number of carbonyl (C=O) groups excluding carboxylic acids is 2. The molecule has 2 aromatic heterocycles. The van der Waals surface area contributed by atoms with E-state index in [2.05, 4.69) is 25.3 Å². The number of nitrogens with one attached hydrogen (secondary N) is 3. The van der Waals surface area contributed by atoms with Crippen LogP contribution in [0.5, 0.6) is 5.75 Å². The SMILES string of the molecule is COc1ccc(Cl)cc1S(=O)(=O)NCc1cccc(Nc2ncc(C(=O)c3ccccc3C)s2)c1.Cc1ccccc1C(=O)c1cnc(Nc2cccc(CN)c2)s1. The highest BCUT2D eigenvalue weighted by Crippen LogP contribution is 2.29. The van der Waals surface area contributed by atoms with Crippen LogP contribution in [0, 0.1) is 13.8 Å². The van der Waals surface area contributed by atoms with Crippen LogP contribution in [-0.2, 0) is 23.1 Å². The largest absolute Gasteiger partial charge is 0.495 e. The monoisotopic (exact) mass is 850 g/mol. The molecule has 5 aromatic carbocycles. The topological polar surface area (TPSA) is 165 Å². The van der Waals surface area contributed by atoms with E-state index in [0.29, 0.717) is 48.4 Å². The molecule has 0 saturated carbocycles. The Morgan fingerprint density at radius 1 is 0.707 bits per heavy atom. The van der Waals surface area contributed by atoms with E-state index in [1.54, 1.807) is 36.7 Å². The molecule has 0 aliphatic heterocycles. The van der Waals surface area contributed by atoms with Crippen LogP contribution in [0.4, 0.5) is 21.6 Å². The number of thiazole rings is 2. The number of rotatable bonds is 14. The smallest absolute Gasteiger partial charge is 0.244 e. The van der Waals surface area contributed by atoms with Crippen molar-refractivity contribution in [3.05, 3.63) is 176 Å². The molecule has 0 amide bonds. The molecule has 2 heterocycles. The van der Waals surface area contributed by atoms with Gasteiger partial charge in [0.1, 0.15) is 10.6 Å². The van der Waals surface area contributed by atoms with E-state index < -0.39 is 10.0 Å². The van der Waals surface area contributed by atoms with Gasteiger partial charge in [-0.25, -0.2) is 23.1 Å². The molecule has 0 saturated heterocycles. The average Bonchev–Trinajstić information content (AvgIpc) is 3.90. The first-order chi connectivity index (χ1) is 27.9. The van der Waals surface area contributed by atoms with E-state index in [1.807, 2.05) is 92.7 Å². The predicted molar refractivity (Wildman–Crippen MR) is 233 cm³/mol. The number of carbonyl (C=O) groups is 2. The minimum Gasteiger partial charge on any atom is -0.495 e. The summed E-state index contributed by atoms with van der Waals surface area (Å²) in [5.41, 5.74) is 12.3. The van der Waals surface area contributed by atoms with Gasteiger partial charge in [0.2, 0.25) is 21.6 Å². The molecule has 11 nitrogen and oxygen atoms in total. The number of anilines is 4. The summed E-state index contributed by atoms with van der Waals surface area (Å²) < 4.78 is 33.4. The molecular weight excluding hydrogens is 812 g/mol. The Morgan fingerprint density at radius 3 is 1.74 bits per heavy atom. The third-order valence-corrected chi connectivity index (χ3v) is 12.2. The third kappa shape index (κ3) is 10.6. The normalized spacial score (nSPS) is 11.0. The first-order valence-electron chi connectivity index (χ1n) is 17.8. The maximum absolute atomic E-state index is 12.8. The third-order valence-electron chi connectivity index (χ3n) is 8.71. The molecular formula is C43H39ClN6O5S3. The number of nitrogens with zero attached hydrogens (tertiary/aromatic N) is 2. The summed E-state index contributed by atoms with van der Waals surface area (Å²) in [6.45, 7) is 4.38. The highest BCUT2D eigenvalue weighted by Gasteiger charge is 2.20. The maximum atomic E-state index is 12.8. The number of ether oxygens (including phenoxy) is 1. The summed E-state index contributed by atoms with van der Waals surface area (Å²) in [4.78, 5) is 35.1. The number of methoxy groups -OCH3 is 1. The Kier molecular flexibility index (Phi) is 13.8. The van der Waals surface area contributed by atoms with Gasteiger partial charge in [0.05, 0.1) is 29.3 Å². The summed E-state index contributed by atoms with van der Waals surface area (Å²) in [6.07, 6.45) is 3.17. The second-order valence-corrected chi connectivity index (χ2v) is 17.1. The molecule has 0 fully saturated rings. The lowest BCUT2D eigenvalue weighted by Gasteiger charge is -2.12. The summed E-state index contributed by atoms with van der Waals surface area (Å²) >= 11 is 8.58. The lowest BCUT2D eigenvalue weighted by Crippen LogP contribution is -2.23. The van der Waals surface area contributed by atoms with Gasteiger partial charge in [0, 0.05) is 40.6 Å². The van der Waals surface area contributed by atoms with Gasteiger partial charge in [0.25, 0.3) is 0 Å². The van der Waals surface area contributed by atoms with Crippen molar-refractivity contribution in [2.45, 2.75) is 31.8 Å². The van der Waals surface area contributed by atoms with Crippen LogP contribution >= 0.6 is 34.3 Å². The van der Waals surface area contributed by atoms with Crippen LogP contribution in [0.2, 0.25) is 5.02 Å². The zero-order valence-electron chi connectivity index (χ0n) is 31.7. The number of ketones is 2. The average molecular weight is 851 g/mol. The van der Waals surface area contributed by atoms with Crippen LogP contribution in [-0.4, -0.2) is 37.1 Å². The van der Waals surface area contributed by atoms with Gasteiger partial charge in [-0.1, -0.05) is 107 Å². The van der Waals surface area contributed by atoms with Crippen LogP contribution in [0.25, 0.3) is 0 Å². The van der Waals surface area contributed by atoms with Gasteiger partial charge >= 0.3 is 0 Å². The zero-order valence-corrected chi connectivity index (χ0v) is 34.9. The predicted octanol–water partition coefficient (Wildman–Crippen LogP) is 9.45. The second kappa shape index (κ2) is 19.1. The Hall–Kier alpha value is -5.74. The lowest BCUT2D eigenvalue weighted by molar-refractivity contribution is 0.103. The molecule has 0 aliphatic rings. The fourth-order valence-electron chi connectivity index (χ4n) is 5.69. The Bertz CT molecular complexity index is 2680. The molecule has 5 N–H and O–H groups in total. The number of hydrogen-bond donors (Lipinski definition) is 4. The van der Waals surface area contributed by atoms with Crippen LogP contribution < -0.4 is 25.8 Å². The molecule has 7 rings (SSSR count). The lowest BCUT2D eigenvalue weighted by atomic mass is 10.0. The molecule has 0 radical (unpaired) electrons. The van der Waals surface area contributed by atoms with E-state index >= 15 is 0 Å². The molecule has 0 unspecified atom stereocenters. The fraction of sp³-hybridized carbons (Fsp3) is 0.116. The zero-order chi connectivity index (χ0) is 41.2. The summed E-state index contributed by atoms with van der Waals surface area (Å²) in [6, 6.07) is 34.5. The maximum Gasteiger partial charge on any atom is 0.244 e. The van der Waals surface area contributed by atoms with Gasteiger partial charge in [0.15, 0.2) is 10.3 Å². The van der Waals surface area contributed by atoms with Gasteiger partial charge in [-0.15, -0.1) is 0 Å². The highest BCUT2D eigenvalue weighted by atomic mass is 35.5. The first kappa shape index (κ1) is 41.9. The Labute approximate surface area is 350 Å². The minimum absolute atomic E-state index is 0.00404. The molecule has 15 heteroatoms. The van der Waals surface area contributed by atoms with E-state index in [4.69, 9.17) is 22.1 Å². The molecule has 7 aromatic rings. The van der Waals surface area contributed by atoms with Crippen molar-refractivity contribution in [3.8, 4) is 5.75 Å². The van der Waals surface area contributed by atoms with E-state index in [-0.39, 0.29) is 28.8 Å². The van der Waals surface area contributed by atoms with E-state index in [0.717, 1.165) is 27.9 Å². The number of sulfonamides is 1. The van der Waals surface area contributed by atoms with Gasteiger partial charge < -0.3 is 21.1 Å². The molecule has 0 bridgehead atoms. The standard InChI is InChI=1S/C25H22ClN3O4S2.C18H17N3OS/c1-16-6-3-4-9-20(16)24(30)22-15-27-25(34-22)29-19-8-5-7-17(12-19)14-28-35(31,32)23-13-18(26)10-11-21(23)33-2;1-12-5-2-3-8-15(12)17(22)16-11-20-18(23-16)21-14-7-4-6-13(9-14)10-19/h3-13,15,28H,14H2,1-2H3,(H,27,29);2-9,11H,10,19H2,1H3,(H,20,21). The van der Waals surface area contributed by atoms with Crippen molar-refractivity contribution in [1.29, 1.82) is 0 Å². The number of aromatic nitrogens is 2. The number of halogens is 1. The number of nitrogens with two attached hydrogens (primary N) is 1. The summed E-state index contributed by atoms with van der Waals surface area (Å²) in [5, 5.41) is 7.94. The summed E-state index contributed by atoms with van der Waals surface area (Å²) in [5.74, 6) is 0.134. The van der Waals surface area contributed by atoms with Gasteiger partial charge in [-0.2, -0.15) is 0 Å². The number of aryl methyl sites for hydroxylation is 2. The molecule has 296 valence electrons. The molecule has 58 heavy (non-hydrogen) atoms. The van der Waals surface area contributed by atoms with Crippen LogP contribution in [0.3, 0.4) is 0 Å². The van der Waals surface area contributed by atoms with Crippen LogP contribution in [0.1, 0.15) is 52.7 Å². The fourth-order valence-corrected chi connectivity index (χ4v) is 8.72. The van der Waals surface area contributed by atoms with Gasteiger partial charge in [-0.3, -0.25) is 9.59 Å². The molecule has 0 spiro atoms. The summed E-state index contributed by atoms with van der Waals surface area (Å²) in [7, 11) is -2.46. The van der Waals surface area contributed by atoms with Crippen molar-refractivity contribution < 1.29 is 22.7 Å². The van der Waals surface area contributed by atoms with Crippen molar-refractivity contribution in [2.24, 2.45) is 5.73 Å². The Morgan fingerprint density at radius 2 is 1.22 bits per heavy atom. The van der Waals surface area contributed by atoms with E-state index in [1.165, 1.54) is 41.9 Å². The first-order valence-corrected chi connectivity index (χ1v) is 21.3. The minimum atomic E-state index is -3.86. The van der Waals surface area contributed by atoms with E-state index in [9.17, 15) is 18.0 Å². The van der Waals surface area contributed by atoms with Crippen molar-refractivity contribution in [3.63, 3.8) is 0 Å². The highest BCUT2D eigenvalue weighted by molar-refractivity contribution is 7.89. The Balaban J connectivity index is 0.000000213. The molecule has 0 aliphatic carbocycles. The van der Waals surface area contributed by atoms with Gasteiger partial charge in [-0.05, 0) is 78.6 Å². The van der Waals surface area contributed by atoms with Crippen LogP contribution in [0.15, 0.2) is 133 Å². The van der Waals surface area contributed by atoms with Crippen molar-refractivity contribution >= 4 is 77.5 Å². The number of hydrogen-bond acceptors (Lipinski definition) is 12. The molecule has 0 atom stereocenters. The number of benzene rings is 5. The van der Waals surface area contributed by atoms with Crippen molar-refractivity contribution in [2.75, 3.05) is 17.7 Å². The van der Waals surface area contributed by atoms with Crippen molar-refractivity contribution in [1.82, 2.24) is 14.7 Å². The quantitative estimate of drug-likeness (QED) is 0.0775.